The summed E-state index contributed by atoms with van der Waals surface area (Å²) in [6.07, 6.45) is 0. The summed E-state index contributed by atoms with van der Waals surface area (Å²) in [7, 11) is -1.67. The van der Waals surface area contributed by atoms with Crippen molar-refractivity contribution in [1.82, 2.24) is 0 Å². The maximum atomic E-state index is 11.8. The van der Waals surface area contributed by atoms with E-state index in [-0.39, 0.29) is 0 Å². The molecule has 0 aliphatic carbocycles. The molecule has 0 bridgehead atoms. The van der Waals surface area contributed by atoms with Crippen LogP contribution in [0.2, 0.25) is 0 Å². The standard InChI is InChI=1S/C10H13BrO3S/c1-7(2)15(12,13)8-4-5-10(14-3)9(11)6-8/h4-7H,1-3H3. The monoisotopic (exact) mass is 292 g/mol. The van der Waals surface area contributed by atoms with Crippen LogP contribution in [-0.4, -0.2) is 20.8 Å². The first-order valence-corrected chi connectivity index (χ1v) is 6.81. The number of benzene rings is 1. The smallest absolute Gasteiger partial charge is 0.180 e. The van der Waals surface area contributed by atoms with Crippen molar-refractivity contribution in [3.63, 3.8) is 0 Å². The Morgan fingerprint density at radius 3 is 2.33 bits per heavy atom. The minimum Gasteiger partial charge on any atom is -0.496 e. The molecule has 0 atom stereocenters. The SMILES string of the molecule is COc1ccc(S(=O)(=O)C(C)C)cc1Br. The molecule has 1 aromatic carbocycles. The van der Waals surface area contributed by atoms with E-state index in [2.05, 4.69) is 15.9 Å². The van der Waals surface area contributed by atoms with E-state index in [1.807, 2.05) is 0 Å². The summed E-state index contributed by atoms with van der Waals surface area (Å²) in [5.74, 6) is 0.623. The molecule has 0 heterocycles. The largest absolute Gasteiger partial charge is 0.496 e. The molecule has 0 amide bonds. The topological polar surface area (TPSA) is 43.4 Å². The number of hydrogen-bond acceptors (Lipinski definition) is 3. The van der Waals surface area contributed by atoms with E-state index in [0.29, 0.717) is 15.1 Å². The molecular formula is C10H13BrO3S. The highest BCUT2D eigenvalue weighted by atomic mass is 79.9. The Bertz CT molecular complexity index is 452. The summed E-state index contributed by atoms with van der Waals surface area (Å²) in [4.78, 5) is 0.310. The van der Waals surface area contributed by atoms with Gasteiger partial charge in [0.25, 0.3) is 0 Å². The van der Waals surface area contributed by atoms with E-state index in [1.165, 1.54) is 7.11 Å². The Hall–Kier alpha value is -0.550. The number of methoxy groups -OCH3 is 1. The van der Waals surface area contributed by atoms with E-state index < -0.39 is 15.1 Å². The van der Waals surface area contributed by atoms with Crippen molar-refractivity contribution in [2.24, 2.45) is 0 Å². The van der Waals surface area contributed by atoms with Gasteiger partial charge in [0, 0.05) is 0 Å². The van der Waals surface area contributed by atoms with Gasteiger partial charge in [0.15, 0.2) is 9.84 Å². The van der Waals surface area contributed by atoms with Crippen molar-refractivity contribution in [1.29, 1.82) is 0 Å². The van der Waals surface area contributed by atoms with Crippen molar-refractivity contribution < 1.29 is 13.2 Å². The maximum absolute atomic E-state index is 11.8. The van der Waals surface area contributed by atoms with E-state index in [1.54, 1.807) is 32.0 Å². The average Bonchev–Trinajstić information content (AvgIpc) is 2.17. The number of ether oxygens (including phenoxy) is 1. The summed E-state index contributed by atoms with van der Waals surface area (Å²) in [6.45, 7) is 3.32. The molecule has 0 fully saturated rings. The summed E-state index contributed by atoms with van der Waals surface area (Å²) >= 11 is 3.26. The van der Waals surface area contributed by atoms with Gasteiger partial charge in [-0.15, -0.1) is 0 Å². The third-order valence-electron chi connectivity index (χ3n) is 2.07. The molecule has 84 valence electrons. The van der Waals surface area contributed by atoms with Crippen LogP contribution in [0.25, 0.3) is 0 Å². The molecule has 3 nitrogen and oxygen atoms in total. The third kappa shape index (κ3) is 2.52. The zero-order valence-corrected chi connectivity index (χ0v) is 11.2. The fraction of sp³-hybridized carbons (Fsp3) is 0.400. The van der Waals surface area contributed by atoms with Gasteiger partial charge in [0.05, 0.1) is 21.7 Å². The number of hydrogen-bond donors (Lipinski definition) is 0. The van der Waals surface area contributed by atoms with Crippen LogP contribution in [-0.2, 0) is 9.84 Å². The summed E-state index contributed by atoms with van der Waals surface area (Å²) < 4.78 is 29.3. The molecule has 15 heavy (non-hydrogen) atoms. The zero-order chi connectivity index (χ0) is 11.6. The first-order chi connectivity index (χ1) is 6.89. The Morgan fingerprint density at radius 1 is 1.33 bits per heavy atom. The number of halogens is 1. The lowest BCUT2D eigenvalue weighted by molar-refractivity contribution is 0.411. The predicted molar refractivity (Wildman–Crippen MR) is 63.0 cm³/mol. The molecule has 1 aromatic rings. The van der Waals surface area contributed by atoms with Crippen molar-refractivity contribution in [3.8, 4) is 5.75 Å². The van der Waals surface area contributed by atoms with Crippen LogP contribution >= 0.6 is 15.9 Å². The first kappa shape index (κ1) is 12.5. The van der Waals surface area contributed by atoms with Crippen molar-refractivity contribution >= 4 is 25.8 Å². The lowest BCUT2D eigenvalue weighted by Crippen LogP contribution is -2.13. The molecule has 0 aliphatic heterocycles. The highest BCUT2D eigenvalue weighted by Gasteiger charge is 2.19. The van der Waals surface area contributed by atoms with Crippen molar-refractivity contribution in [2.75, 3.05) is 7.11 Å². The normalized spacial score (nSPS) is 11.8. The molecule has 0 unspecified atom stereocenters. The second-order valence-corrected chi connectivity index (χ2v) is 6.75. The lowest BCUT2D eigenvalue weighted by Gasteiger charge is -2.09. The van der Waals surface area contributed by atoms with Gasteiger partial charge >= 0.3 is 0 Å². The first-order valence-electron chi connectivity index (χ1n) is 4.47. The molecular weight excluding hydrogens is 280 g/mol. The van der Waals surface area contributed by atoms with Gasteiger partial charge in [-0.05, 0) is 48.0 Å². The van der Waals surface area contributed by atoms with Crippen LogP contribution in [0, 0.1) is 0 Å². The van der Waals surface area contributed by atoms with Gasteiger partial charge in [-0.2, -0.15) is 0 Å². The predicted octanol–water partition coefficient (Wildman–Crippen LogP) is 2.64. The molecule has 0 aromatic heterocycles. The van der Waals surface area contributed by atoms with Gasteiger partial charge < -0.3 is 4.74 Å². The highest BCUT2D eigenvalue weighted by molar-refractivity contribution is 9.10. The van der Waals surface area contributed by atoms with Crippen LogP contribution in [0.4, 0.5) is 0 Å². The van der Waals surface area contributed by atoms with Crippen molar-refractivity contribution in [2.45, 2.75) is 24.0 Å². The third-order valence-corrected chi connectivity index (χ3v) is 4.84. The molecule has 0 saturated heterocycles. The van der Waals surface area contributed by atoms with Gasteiger partial charge in [0.2, 0.25) is 0 Å². The van der Waals surface area contributed by atoms with E-state index in [4.69, 9.17) is 4.74 Å². The molecule has 0 saturated carbocycles. The molecule has 0 N–H and O–H groups in total. The van der Waals surface area contributed by atoms with Crippen LogP contribution in [0.5, 0.6) is 5.75 Å². The minimum absolute atomic E-state index is 0.310. The summed E-state index contributed by atoms with van der Waals surface area (Å²) in [6, 6.07) is 4.76. The quantitative estimate of drug-likeness (QED) is 0.860. The van der Waals surface area contributed by atoms with Crippen LogP contribution < -0.4 is 4.74 Å². The summed E-state index contributed by atoms with van der Waals surface area (Å²) in [5, 5.41) is -0.419. The maximum Gasteiger partial charge on any atom is 0.180 e. The fourth-order valence-electron chi connectivity index (χ4n) is 1.10. The lowest BCUT2D eigenvalue weighted by atomic mass is 10.3. The highest BCUT2D eigenvalue weighted by Crippen LogP contribution is 2.28. The Morgan fingerprint density at radius 2 is 1.93 bits per heavy atom. The Labute approximate surface area is 98.5 Å². The Kier molecular flexibility index (Phi) is 3.78. The van der Waals surface area contributed by atoms with Crippen LogP contribution in [0.15, 0.2) is 27.6 Å². The van der Waals surface area contributed by atoms with Gasteiger partial charge in [0.1, 0.15) is 5.75 Å². The summed E-state index contributed by atoms with van der Waals surface area (Å²) in [5.41, 5.74) is 0. The van der Waals surface area contributed by atoms with Gasteiger partial charge in [-0.25, -0.2) is 8.42 Å². The van der Waals surface area contributed by atoms with Crippen molar-refractivity contribution in [3.05, 3.63) is 22.7 Å². The van der Waals surface area contributed by atoms with Crippen LogP contribution in [0.1, 0.15) is 13.8 Å². The average molecular weight is 293 g/mol. The second-order valence-electron chi connectivity index (χ2n) is 3.39. The minimum atomic E-state index is -3.21. The molecule has 5 heteroatoms. The van der Waals surface area contributed by atoms with E-state index >= 15 is 0 Å². The molecule has 0 spiro atoms. The van der Waals surface area contributed by atoms with E-state index in [0.717, 1.165) is 0 Å². The fourth-order valence-corrected chi connectivity index (χ4v) is 2.87. The molecule has 0 aliphatic rings. The van der Waals surface area contributed by atoms with E-state index in [9.17, 15) is 8.42 Å². The number of rotatable bonds is 3. The molecule has 1 rings (SSSR count). The van der Waals surface area contributed by atoms with Gasteiger partial charge in [-0.1, -0.05) is 0 Å². The zero-order valence-electron chi connectivity index (χ0n) is 8.82. The van der Waals surface area contributed by atoms with Crippen LogP contribution in [0.3, 0.4) is 0 Å². The second kappa shape index (κ2) is 4.53. The number of sulfone groups is 1. The van der Waals surface area contributed by atoms with Gasteiger partial charge in [-0.3, -0.25) is 0 Å². The Balaban J connectivity index is 3.25. The molecule has 0 radical (unpaired) electrons.